The van der Waals surface area contributed by atoms with Gasteiger partial charge in [0.2, 0.25) is 0 Å². The van der Waals surface area contributed by atoms with Crippen LogP contribution >= 0.6 is 0 Å². The Kier molecular flexibility index (Phi) is 6.05. The largest absolute Gasteiger partial charge is 0.340 e. The minimum atomic E-state index is -0.301. The van der Waals surface area contributed by atoms with Gasteiger partial charge in [-0.25, -0.2) is 4.68 Å². The number of carbonyl (C=O) groups excluding carboxylic acids is 1. The molecule has 6 heteroatoms. The topological polar surface area (TPSA) is 72.7 Å². The number of pyridine rings is 1. The first-order chi connectivity index (χ1) is 14.8. The highest BCUT2D eigenvalue weighted by Gasteiger charge is 2.19. The Morgan fingerprint density at radius 1 is 0.933 bits per heavy atom. The van der Waals surface area contributed by atoms with Gasteiger partial charge in [-0.15, -0.1) is 5.10 Å². The van der Waals surface area contributed by atoms with Crippen LogP contribution in [0.2, 0.25) is 0 Å². The number of aromatic nitrogens is 4. The highest BCUT2D eigenvalue weighted by molar-refractivity contribution is 5.92. The van der Waals surface area contributed by atoms with Gasteiger partial charge in [-0.05, 0) is 28.8 Å². The first-order valence-corrected chi connectivity index (χ1v) is 9.67. The molecule has 0 aliphatic carbocycles. The third kappa shape index (κ3) is 4.86. The molecule has 0 fully saturated rings. The summed E-state index contributed by atoms with van der Waals surface area (Å²) in [6.45, 7) is 0.529. The van der Waals surface area contributed by atoms with E-state index in [0.717, 1.165) is 16.7 Å². The number of allylic oxidation sites excluding steroid dienone is 1. The second-order valence-corrected chi connectivity index (χ2v) is 6.74. The third-order valence-electron chi connectivity index (χ3n) is 4.62. The highest BCUT2D eigenvalue weighted by atomic mass is 16.2. The second-order valence-electron chi connectivity index (χ2n) is 6.74. The summed E-state index contributed by atoms with van der Waals surface area (Å²) >= 11 is 0. The van der Waals surface area contributed by atoms with Gasteiger partial charge in [-0.1, -0.05) is 78.0 Å². The van der Waals surface area contributed by atoms with Crippen LogP contribution in [0.1, 0.15) is 33.2 Å². The van der Waals surface area contributed by atoms with Crippen molar-refractivity contribution in [3.8, 4) is 0 Å². The zero-order chi connectivity index (χ0) is 20.6. The summed E-state index contributed by atoms with van der Waals surface area (Å²) in [5.41, 5.74) is 3.31. The Balaban J connectivity index is 1.46. The predicted octanol–water partition coefficient (Wildman–Crippen LogP) is 3.91. The molecule has 1 atom stereocenters. The standard InChI is InChI=1S/C24H21N5O/c30-24(22-18-29(28-27-22)17-7-10-19-8-3-1-4-9-19)26-23(20-11-5-2-6-12-20)21-13-15-25-16-14-21/h1-16,18,23H,17H2,(H,26,30). The molecule has 1 amide bonds. The third-order valence-corrected chi connectivity index (χ3v) is 4.62. The molecule has 1 N–H and O–H groups in total. The molecular formula is C24H21N5O. The van der Waals surface area contributed by atoms with E-state index in [1.807, 2.05) is 84.9 Å². The Bertz CT molecular complexity index is 1070. The lowest BCUT2D eigenvalue weighted by Crippen LogP contribution is -2.29. The number of hydrogen-bond donors (Lipinski definition) is 1. The van der Waals surface area contributed by atoms with Crippen LogP contribution in [0.4, 0.5) is 0 Å². The van der Waals surface area contributed by atoms with Gasteiger partial charge < -0.3 is 5.32 Å². The van der Waals surface area contributed by atoms with Gasteiger partial charge in [0.15, 0.2) is 5.69 Å². The van der Waals surface area contributed by atoms with E-state index in [2.05, 4.69) is 20.6 Å². The summed E-state index contributed by atoms with van der Waals surface area (Å²) in [6, 6.07) is 23.3. The maximum atomic E-state index is 12.8. The van der Waals surface area contributed by atoms with Gasteiger partial charge in [0.25, 0.3) is 5.91 Å². The summed E-state index contributed by atoms with van der Waals surface area (Å²) in [5, 5.41) is 11.2. The number of hydrogen-bond acceptors (Lipinski definition) is 4. The summed E-state index contributed by atoms with van der Waals surface area (Å²) in [5.74, 6) is -0.279. The van der Waals surface area contributed by atoms with Crippen molar-refractivity contribution in [2.75, 3.05) is 0 Å². The summed E-state index contributed by atoms with van der Waals surface area (Å²) in [6.07, 6.45) is 9.07. The van der Waals surface area contributed by atoms with E-state index < -0.39 is 0 Å². The van der Waals surface area contributed by atoms with Crippen molar-refractivity contribution in [3.05, 3.63) is 120 Å². The van der Waals surface area contributed by atoms with E-state index in [-0.39, 0.29) is 17.6 Å². The van der Waals surface area contributed by atoms with Gasteiger partial charge in [0.05, 0.1) is 18.8 Å². The van der Waals surface area contributed by atoms with Gasteiger partial charge in [0.1, 0.15) is 0 Å². The molecule has 0 radical (unpaired) electrons. The predicted molar refractivity (Wildman–Crippen MR) is 115 cm³/mol. The van der Waals surface area contributed by atoms with Gasteiger partial charge in [-0.2, -0.15) is 0 Å². The molecule has 6 nitrogen and oxygen atoms in total. The second kappa shape index (κ2) is 9.43. The number of rotatable bonds is 7. The molecule has 30 heavy (non-hydrogen) atoms. The maximum Gasteiger partial charge on any atom is 0.274 e. The van der Waals surface area contributed by atoms with Crippen molar-refractivity contribution < 1.29 is 4.79 Å². The number of nitrogens with zero attached hydrogens (tertiary/aromatic N) is 4. The number of nitrogens with one attached hydrogen (secondary N) is 1. The number of amides is 1. The first-order valence-electron chi connectivity index (χ1n) is 9.67. The number of carbonyl (C=O) groups is 1. The zero-order valence-electron chi connectivity index (χ0n) is 16.3. The average molecular weight is 395 g/mol. The lowest BCUT2D eigenvalue weighted by atomic mass is 9.99. The molecule has 0 saturated carbocycles. The van der Waals surface area contributed by atoms with Crippen molar-refractivity contribution in [1.82, 2.24) is 25.3 Å². The van der Waals surface area contributed by atoms with Gasteiger partial charge in [-0.3, -0.25) is 9.78 Å². The average Bonchev–Trinajstić information content (AvgIpc) is 3.28. The van der Waals surface area contributed by atoms with Crippen LogP contribution in [0.5, 0.6) is 0 Å². The molecule has 0 aliphatic heterocycles. The SMILES string of the molecule is O=C(NC(c1ccccc1)c1ccncc1)c1cn(CC=Cc2ccccc2)nn1. The van der Waals surface area contributed by atoms with E-state index in [9.17, 15) is 4.79 Å². The van der Waals surface area contributed by atoms with Gasteiger partial charge >= 0.3 is 0 Å². The molecule has 4 rings (SSSR count). The Morgan fingerprint density at radius 3 is 2.33 bits per heavy atom. The summed E-state index contributed by atoms with van der Waals surface area (Å²) < 4.78 is 1.64. The van der Waals surface area contributed by atoms with Crippen LogP contribution in [0, 0.1) is 0 Å². The Morgan fingerprint density at radius 2 is 1.60 bits per heavy atom. The number of benzene rings is 2. The maximum absolute atomic E-state index is 12.8. The minimum absolute atomic E-state index is 0.276. The van der Waals surface area contributed by atoms with E-state index in [0.29, 0.717) is 6.54 Å². The van der Waals surface area contributed by atoms with Crippen LogP contribution in [-0.4, -0.2) is 25.9 Å². The van der Waals surface area contributed by atoms with Crippen molar-refractivity contribution in [1.29, 1.82) is 0 Å². The van der Waals surface area contributed by atoms with Crippen LogP contribution < -0.4 is 5.32 Å². The molecule has 0 aliphatic rings. The Hall–Kier alpha value is -4.06. The molecule has 0 bridgehead atoms. The normalized spacial score (nSPS) is 12.0. The van der Waals surface area contributed by atoms with E-state index in [1.165, 1.54) is 0 Å². The summed E-state index contributed by atoms with van der Waals surface area (Å²) in [7, 11) is 0. The smallest absolute Gasteiger partial charge is 0.274 e. The van der Waals surface area contributed by atoms with E-state index in [4.69, 9.17) is 0 Å². The molecule has 2 aromatic heterocycles. The first kappa shape index (κ1) is 19.3. The molecule has 4 aromatic rings. The zero-order valence-corrected chi connectivity index (χ0v) is 16.3. The molecule has 2 heterocycles. The molecule has 148 valence electrons. The molecular weight excluding hydrogens is 374 g/mol. The monoisotopic (exact) mass is 395 g/mol. The molecule has 1 unspecified atom stereocenters. The minimum Gasteiger partial charge on any atom is -0.340 e. The Labute approximate surface area is 174 Å². The van der Waals surface area contributed by atoms with Crippen molar-refractivity contribution in [2.45, 2.75) is 12.6 Å². The van der Waals surface area contributed by atoms with Crippen LogP contribution in [0.25, 0.3) is 6.08 Å². The van der Waals surface area contributed by atoms with E-state index >= 15 is 0 Å². The van der Waals surface area contributed by atoms with E-state index in [1.54, 1.807) is 23.3 Å². The fraction of sp³-hybridized carbons (Fsp3) is 0.0833. The van der Waals surface area contributed by atoms with Gasteiger partial charge in [0, 0.05) is 12.4 Å². The lowest BCUT2D eigenvalue weighted by molar-refractivity contribution is 0.0938. The lowest BCUT2D eigenvalue weighted by Gasteiger charge is -2.19. The quantitative estimate of drug-likeness (QED) is 0.515. The van der Waals surface area contributed by atoms with Crippen LogP contribution in [-0.2, 0) is 6.54 Å². The molecule has 0 saturated heterocycles. The van der Waals surface area contributed by atoms with Crippen molar-refractivity contribution in [2.24, 2.45) is 0 Å². The molecule has 2 aromatic carbocycles. The van der Waals surface area contributed by atoms with Crippen LogP contribution in [0.3, 0.4) is 0 Å². The fourth-order valence-corrected chi connectivity index (χ4v) is 3.12. The highest BCUT2D eigenvalue weighted by Crippen LogP contribution is 2.21. The van der Waals surface area contributed by atoms with Crippen molar-refractivity contribution in [3.63, 3.8) is 0 Å². The van der Waals surface area contributed by atoms with Crippen molar-refractivity contribution >= 4 is 12.0 Å². The fourth-order valence-electron chi connectivity index (χ4n) is 3.12. The molecule has 0 spiro atoms. The van der Waals surface area contributed by atoms with Crippen LogP contribution in [0.15, 0.2) is 97.5 Å². The summed E-state index contributed by atoms with van der Waals surface area (Å²) in [4.78, 5) is 16.9.